The number of imidazole rings is 1. The first-order valence-electron chi connectivity index (χ1n) is 2.55. The first-order chi connectivity index (χ1) is 3.93. The van der Waals surface area contributed by atoms with Crippen LogP contribution in [-0.2, 0) is 27.5 Å². The van der Waals surface area contributed by atoms with Crippen LogP contribution in [0.3, 0.4) is 0 Å². The summed E-state index contributed by atoms with van der Waals surface area (Å²) in [4.78, 5) is 7.69. The summed E-state index contributed by atoms with van der Waals surface area (Å²) in [6, 6.07) is 0. The van der Waals surface area contributed by atoms with Gasteiger partial charge in [0.1, 0.15) is 0 Å². The summed E-state index contributed by atoms with van der Waals surface area (Å²) in [6.45, 7) is 0.651. The topological polar surface area (TPSA) is 53.0 Å². The van der Waals surface area contributed by atoms with Gasteiger partial charge in [0.25, 0.3) is 0 Å². The maximum Gasteiger partial charge on any atom is 2.00 e. The van der Waals surface area contributed by atoms with Crippen LogP contribution >= 0.6 is 0 Å². The van der Waals surface area contributed by atoms with Gasteiger partial charge in [0.15, 0.2) is 0 Å². The molecule has 0 bridgehead atoms. The standard InChI is InChI=1S/C5H8N3.ClH.Pt/c6-2-1-5-3-7-4-8-5;;/h3-4H,1-2,6H2;1H;/q-1;;+2/p-1. The van der Waals surface area contributed by atoms with Gasteiger partial charge in [-0.2, -0.15) is 0 Å². The number of hydrogen-bond donors (Lipinski definition) is 1. The van der Waals surface area contributed by atoms with Gasteiger partial charge in [-0.25, -0.2) is 0 Å². The average molecular weight is 341 g/mol. The molecule has 5 heteroatoms. The Balaban J connectivity index is 0. The van der Waals surface area contributed by atoms with Crippen LogP contribution in [0.4, 0.5) is 0 Å². The van der Waals surface area contributed by atoms with E-state index >= 15 is 0 Å². The van der Waals surface area contributed by atoms with Gasteiger partial charge < -0.3 is 28.1 Å². The molecule has 0 saturated heterocycles. The van der Waals surface area contributed by atoms with Gasteiger partial charge in [-0.15, -0.1) is 0 Å². The molecule has 1 aromatic heterocycles. The molecule has 1 rings (SSSR count). The molecule has 0 aromatic carbocycles. The van der Waals surface area contributed by atoms with Gasteiger partial charge in [0.05, 0.1) is 0 Å². The first kappa shape index (κ1) is 12.8. The second kappa shape index (κ2) is 7.26. The molecule has 2 N–H and O–H groups in total. The summed E-state index contributed by atoms with van der Waals surface area (Å²) in [5, 5.41) is 0. The zero-order valence-electron chi connectivity index (χ0n) is 5.23. The van der Waals surface area contributed by atoms with Gasteiger partial charge in [0.2, 0.25) is 0 Å². The zero-order chi connectivity index (χ0) is 5.82. The maximum atomic E-state index is 5.25. The van der Waals surface area contributed by atoms with E-state index in [1.54, 1.807) is 6.20 Å². The molecule has 0 aliphatic heterocycles. The minimum atomic E-state index is 0. The summed E-state index contributed by atoms with van der Waals surface area (Å²) in [5.74, 6) is 0. The third-order valence-corrected chi connectivity index (χ3v) is 0.914. The molecule has 0 unspecified atom stereocenters. The van der Waals surface area contributed by atoms with Crippen LogP contribution in [0.1, 0.15) is 5.69 Å². The summed E-state index contributed by atoms with van der Waals surface area (Å²) in [7, 11) is 0. The predicted molar refractivity (Wildman–Crippen MR) is 30.3 cm³/mol. The number of rotatable bonds is 2. The monoisotopic (exact) mass is 340 g/mol. The van der Waals surface area contributed by atoms with Crippen LogP contribution in [0.25, 0.3) is 0 Å². The van der Waals surface area contributed by atoms with E-state index in [1.165, 1.54) is 6.33 Å². The normalized spacial score (nSPS) is 7.70. The number of aromatic nitrogens is 2. The number of nitrogens with zero attached hydrogens (tertiary/aromatic N) is 2. The molecule has 1 aromatic rings. The molecule has 0 saturated carbocycles. The Kier molecular flexibility index (Phi) is 9.28. The number of hydrogen-bond acceptors (Lipinski definition) is 2. The van der Waals surface area contributed by atoms with Crippen molar-refractivity contribution in [3.63, 3.8) is 0 Å². The Morgan fingerprint density at radius 3 is 2.70 bits per heavy atom. The summed E-state index contributed by atoms with van der Waals surface area (Å²) in [5.41, 5.74) is 6.23. The zero-order valence-corrected chi connectivity index (χ0v) is 8.26. The third kappa shape index (κ3) is 4.04. The fourth-order valence-electron chi connectivity index (χ4n) is 0.537. The largest absolute Gasteiger partial charge is 2.00 e. The molecule has 1 heterocycles. The van der Waals surface area contributed by atoms with Crippen molar-refractivity contribution in [3.8, 4) is 0 Å². The van der Waals surface area contributed by atoms with Gasteiger partial charge in [0, 0.05) is 0 Å². The molecule has 10 heavy (non-hydrogen) atoms. The molecule has 0 spiro atoms. The number of halogens is 1. The molecule has 0 fully saturated rings. The molecule has 0 atom stereocenters. The minimum Gasteiger partial charge on any atom is -1.00 e. The van der Waals surface area contributed by atoms with Gasteiger partial charge in [-0.1, -0.05) is 18.2 Å². The van der Waals surface area contributed by atoms with Crippen LogP contribution in [0.5, 0.6) is 0 Å². The van der Waals surface area contributed by atoms with Crippen molar-refractivity contribution in [2.24, 2.45) is 5.73 Å². The Morgan fingerprint density at radius 2 is 2.30 bits per heavy atom. The van der Waals surface area contributed by atoms with Crippen LogP contribution in [0, 0.1) is 0 Å². The summed E-state index contributed by atoms with van der Waals surface area (Å²) >= 11 is 0. The van der Waals surface area contributed by atoms with Gasteiger partial charge >= 0.3 is 21.1 Å². The summed E-state index contributed by atoms with van der Waals surface area (Å²) < 4.78 is 0. The maximum absolute atomic E-state index is 5.25. The number of nitrogens with two attached hydrogens (primary N) is 1. The van der Waals surface area contributed by atoms with E-state index in [0.29, 0.717) is 6.54 Å². The van der Waals surface area contributed by atoms with Crippen molar-refractivity contribution in [1.82, 2.24) is 9.97 Å². The van der Waals surface area contributed by atoms with Crippen LogP contribution < -0.4 is 23.1 Å². The van der Waals surface area contributed by atoms with Gasteiger partial charge in [-0.3, -0.25) is 0 Å². The van der Waals surface area contributed by atoms with Crippen molar-refractivity contribution >= 4 is 0 Å². The Morgan fingerprint density at radius 1 is 1.60 bits per heavy atom. The van der Waals surface area contributed by atoms with E-state index in [2.05, 4.69) is 9.97 Å². The predicted octanol–water partition coefficient (Wildman–Crippen LogP) is -3.46. The average Bonchev–Trinajstić information content (AvgIpc) is 2.19. The molecule has 0 aliphatic carbocycles. The van der Waals surface area contributed by atoms with Crippen molar-refractivity contribution in [2.45, 2.75) is 6.42 Å². The fraction of sp³-hybridized carbons (Fsp3) is 0.400. The SMILES string of the molecule is NCCc1c[n-]cn1.[Cl-].[Pt+2]. The van der Waals surface area contributed by atoms with Crippen molar-refractivity contribution < 1.29 is 33.5 Å². The van der Waals surface area contributed by atoms with E-state index in [-0.39, 0.29) is 33.5 Å². The summed E-state index contributed by atoms with van der Waals surface area (Å²) in [6.07, 6.45) is 4.10. The van der Waals surface area contributed by atoms with Crippen molar-refractivity contribution in [2.75, 3.05) is 6.54 Å². The molecule has 60 valence electrons. The molecule has 0 aliphatic rings. The van der Waals surface area contributed by atoms with Crippen LogP contribution in [0.15, 0.2) is 12.5 Å². The van der Waals surface area contributed by atoms with Gasteiger partial charge in [-0.05, 0) is 13.0 Å². The van der Waals surface area contributed by atoms with Crippen LogP contribution in [-0.4, -0.2) is 11.5 Å². The Bertz CT molecular complexity index is 143. The molecule has 0 amide bonds. The Labute approximate surface area is 80.5 Å². The second-order valence-corrected chi connectivity index (χ2v) is 1.55. The van der Waals surface area contributed by atoms with E-state index in [0.717, 1.165) is 12.1 Å². The smallest absolute Gasteiger partial charge is 1.00 e. The third-order valence-electron chi connectivity index (χ3n) is 0.914. The van der Waals surface area contributed by atoms with Crippen molar-refractivity contribution in [3.05, 3.63) is 18.2 Å². The second-order valence-electron chi connectivity index (χ2n) is 1.55. The molecular formula is C5H8ClN3Pt. The van der Waals surface area contributed by atoms with E-state index in [1.807, 2.05) is 0 Å². The van der Waals surface area contributed by atoms with Crippen LogP contribution in [0.2, 0.25) is 0 Å². The molecule has 0 radical (unpaired) electrons. The Hall–Kier alpha value is 0.148. The minimum absolute atomic E-state index is 0. The van der Waals surface area contributed by atoms with E-state index in [4.69, 9.17) is 5.73 Å². The van der Waals surface area contributed by atoms with Crippen molar-refractivity contribution in [1.29, 1.82) is 0 Å². The van der Waals surface area contributed by atoms with E-state index in [9.17, 15) is 0 Å². The molecule has 3 nitrogen and oxygen atoms in total. The fourth-order valence-corrected chi connectivity index (χ4v) is 0.537. The first-order valence-corrected chi connectivity index (χ1v) is 2.55. The van der Waals surface area contributed by atoms with E-state index < -0.39 is 0 Å². The molecular weight excluding hydrogens is 333 g/mol. The quantitative estimate of drug-likeness (QED) is 0.609.